The highest BCUT2D eigenvalue weighted by molar-refractivity contribution is 6.09. The van der Waals surface area contributed by atoms with E-state index < -0.39 is 0 Å². The Bertz CT molecular complexity index is 3320. The van der Waals surface area contributed by atoms with E-state index >= 15 is 0 Å². The van der Waals surface area contributed by atoms with Gasteiger partial charge in [-0.2, -0.15) is 0 Å². The molecule has 0 atom stereocenters. The average molecular weight is 832 g/mol. The van der Waals surface area contributed by atoms with Gasteiger partial charge in [0, 0.05) is 44.2 Å². The van der Waals surface area contributed by atoms with Crippen LogP contribution in [-0.2, 0) is 21.7 Å². The molecule has 0 fully saturated rings. The van der Waals surface area contributed by atoms with Crippen LogP contribution in [0.15, 0.2) is 168 Å². The van der Waals surface area contributed by atoms with Crippen LogP contribution in [0, 0.1) is 0 Å². The molecule has 2 heteroatoms. The summed E-state index contributed by atoms with van der Waals surface area (Å²) in [7, 11) is 0. The van der Waals surface area contributed by atoms with Crippen molar-refractivity contribution in [2.24, 2.45) is 0 Å². The van der Waals surface area contributed by atoms with Crippen molar-refractivity contribution in [3.05, 3.63) is 197 Å². The summed E-state index contributed by atoms with van der Waals surface area (Å²) in [6.07, 6.45) is 0. The Kier molecular flexibility index (Phi) is 8.74. The molecule has 9 aromatic rings. The number of rotatable bonds is 5. The lowest BCUT2D eigenvalue weighted by atomic mass is 9.71. The van der Waals surface area contributed by atoms with E-state index in [0.717, 1.165) is 50.1 Å². The SMILES string of the molecule is CC(C)(C)c1cc2c(c(C(C)(C)C)c1)C(C)(C)c1cccc(-c3ccc(N(c4ccc(-c5cccc6c5oc5ccccc56)cc4)c4ccc5c(c4)C(C)(C)c4ccccc4-5)cc3)c1-2. The third-order valence-corrected chi connectivity index (χ3v) is 14.5. The van der Waals surface area contributed by atoms with Gasteiger partial charge < -0.3 is 9.32 Å². The van der Waals surface area contributed by atoms with Gasteiger partial charge in [-0.25, -0.2) is 0 Å². The fraction of sp³-hybridized carbons (Fsp3) is 0.226. The zero-order valence-electron chi connectivity index (χ0n) is 38.9. The molecule has 64 heavy (non-hydrogen) atoms. The molecule has 2 aliphatic rings. The minimum atomic E-state index is -0.125. The summed E-state index contributed by atoms with van der Waals surface area (Å²) in [5, 5.41) is 2.28. The zero-order valence-corrected chi connectivity index (χ0v) is 38.9. The molecule has 0 bridgehead atoms. The summed E-state index contributed by atoms with van der Waals surface area (Å²) in [6.45, 7) is 23.7. The predicted octanol–water partition coefficient (Wildman–Crippen LogP) is 17.6. The first-order chi connectivity index (χ1) is 30.5. The second-order valence-electron chi connectivity index (χ2n) is 21.4. The van der Waals surface area contributed by atoms with Gasteiger partial charge in [-0.1, -0.05) is 191 Å². The summed E-state index contributed by atoms with van der Waals surface area (Å²) in [5.74, 6) is 0. The van der Waals surface area contributed by atoms with Gasteiger partial charge in [-0.15, -0.1) is 0 Å². The van der Waals surface area contributed by atoms with Crippen molar-refractivity contribution >= 4 is 39.0 Å². The second kappa shape index (κ2) is 13.9. The summed E-state index contributed by atoms with van der Waals surface area (Å²) >= 11 is 0. The lowest BCUT2D eigenvalue weighted by Gasteiger charge is -2.32. The van der Waals surface area contributed by atoms with Gasteiger partial charge in [0.15, 0.2) is 0 Å². The van der Waals surface area contributed by atoms with Crippen LogP contribution in [0.5, 0.6) is 0 Å². The number of benzene rings is 8. The standard InChI is InChI=1S/C62H57NO/c1-59(2,3)40-35-50-56-44(19-16-23-52(56)62(9,10)57(50)54(36-40)60(4,5)6)38-25-29-41(30-26-38)63(43-33-34-47-46-17-11-13-22-51(46)61(7,8)53(47)37-43)42-31-27-39(28-32-42)45-20-15-21-49-48-18-12-14-24-55(48)64-58(45)49/h11-37H,1-10H3. The van der Waals surface area contributed by atoms with Gasteiger partial charge in [0.2, 0.25) is 0 Å². The van der Waals surface area contributed by atoms with E-state index in [9.17, 15) is 0 Å². The fourth-order valence-corrected chi connectivity index (χ4v) is 11.1. The molecule has 11 rings (SSSR count). The minimum absolute atomic E-state index is 0.00441. The van der Waals surface area contributed by atoms with E-state index in [-0.39, 0.29) is 21.7 Å². The lowest BCUT2D eigenvalue weighted by Crippen LogP contribution is -2.24. The number of hydrogen-bond donors (Lipinski definition) is 0. The molecule has 0 amide bonds. The highest BCUT2D eigenvalue weighted by Gasteiger charge is 2.42. The van der Waals surface area contributed by atoms with Crippen LogP contribution in [0.25, 0.3) is 66.4 Å². The Morgan fingerprint density at radius 3 is 1.69 bits per heavy atom. The number of anilines is 3. The van der Waals surface area contributed by atoms with Gasteiger partial charge in [0.05, 0.1) is 0 Å². The molecule has 1 heterocycles. The summed E-state index contributed by atoms with van der Waals surface area (Å²) in [4.78, 5) is 2.42. The Morgan fingerprint density at radius 2 is 0.984 bits per heavy atom. The Labute approximate surface area is 379 Å². The van der Waals surface area contributed by atoms with Crippen LogP contribution in [0.2, 0.25) is 0 Å². The maximum atomic E-state index is 6.48. The second-order valence-corrected chi connectivity index (χ2v) is 21.4. The summed E-state index contributed by atoms with van der Waals surface area (Å²) in [5.41, 5.74) is 23.6. The highest BCUT2D eigenvalue weighted by Crippen LogP contribution is 2.56. The molecule has 0 N–H and O–H groups in total. The first kappa shape index (κ1) is 40.2. The molecule has 0 spiro atoms. The van der Waals surface area contributed by atoms with Crippen LogP contribution in [0.1, 0.15) is 103 Å². The van der Waals surface area contributed by atoms with E-state index in [4.69, 9.17) is 4.42 Å². The van der Waals surface area contributed by atoms with E-state index in [2.05, 4.69) is 232 Å². The molecule has 8 aromatic carbocycles. The monoisotopic (exact) mass is 831 g/mol. The van der Waals surface area contributed by atoms with E-state index in [0.29, 0.717) is 0 Å². The van der Waals surface area contributed by atoms with Gasteiger partial charge in [-0.3, -0.25) is 0 Å². The number of hydrogen-bond acceptors (Lipinski definition) is 2. The Morgan fingerprint density at radius 1 is 0.422 bits per heavy atom. The van der Waals surface area contributed by atoms with Crippen molar-refractivity contribution in [1.29, 1.82) is 0 Å². The Hall–Kier alpha value is -6.64. The number of fused-ring (bicyclic) bond motifs is 9. The average Bonchev–Trinajstić information content (AvgIpc) is 3.86. The molecule has 2 nitrogen and oxygen atoms in total. The zero-order chi connectivity index (χ0) is 44.5. The highest BCUT2D eigenvalue weighted by atomic mass is 16.3. The van der Waals surface area contributed by atoms with Crippen LogP contribution < -0.4 is 4.90 Å². The third kappa shape index (κ3) is 6.06. The van der Waals surface area contributed by atoms with Crippen molar-refractivity contribution in [2.75, 3.05) is 4.90 Å². The molecular formula is C62H57NO. The van der Waals surface area contributed by atoms with Crippen molar-refractivity contribution in [1.82, 2.24) is 0 Å². The first-order valence-electron chi connectivity index (χ1n) is 23.0. The molecular weight excluding hydrogens is 775 g/mol. The molecule has 0 unspecified atom stereocenters. The number of para-hydroxylation sites is 2. The normalized spacial score (nSPS) is 14.7. The van der Waals surface area contributed by atoms with Crippen LogP contribution in [0.4, 0.5) is 17.1 Å². The third-order valence-electron chi connectivity index (χ3n) is 14.5. The van der Waals surface area contributed by atoms with Crippen molar-refractivity contribution in [2.45, 2.75) is 90.9 Å². The maximum absolute atomic E-state index is 6.48. The lowest BCUT2D eigenvalue weighted by molar-refractivity contribution is 0.545. The maximum Gasteiger partial charge on any atom is 0.143 e. The van der Waals surface area contributed by atoms with Crippen LogP contribution in [-0.4, -0.2) is 0 Å². The smallest absolute Gasteiger partial charge is 0.143 e. The van der Waals surface area contributed by atoms with Gasteiger partial charge in [-0.05, 0) is 126 Å². The van der Waals surface area contributed by atoms with E-state index in [1.807, 2.05) is 6.07 Å². The fourth-order valence-electron chi connectivity index (χ4n) is 11.1. The molecule has 2 aliphatic carbocycles. The topological polar surface area (TPSA) is 16.4 Å². The first-order valence-corrected chi connectivity index (χ1v) is 23.0. The van der Waals surface area contributed by atoms with Crippen molar-refractivity contribution in [3.8, 4) is 44.5 Å². The molecule has 1 aromatic heterocycles. The largest absolute Gasteiger partial charge is 0.455 e. The molecule has 0 saturated carbocycles. The van der Waals surface area contributed by atoms with E-state index in [1.165, 1.54) is 66.8 Å². The van der Waals surface area contributed by atoms with Crippen molar-refractivity contribution in [3.63, 3.8) is 0 Å². The Balaban J connectivity index is 1.04. The van der Waals surface area contributed by atoms with Crippen LogP contribution in [0.3, 0.4) is 0 Å². The summed E-state index contributed by atoms with van der Waals surface area (Å²) < 4.78 is 6.48. The van der Waals surface area contributed by atoms with Crippen molar-refractivity contribution < 1.29 is 4.42 Å². The van der Waals surface area contributed by atoms with Gasteiger partial charge >= 0.3 is 0 Å². The van der Waals surface area contributed by atoms with E-state index in [1.54, 1.807) is 0 Å². The minimum Gasteiger partial charge on any atom is -0.455 e. The van der Waals surface area contributed by atoms with Gasteiger partial charge in [0.25, 0.3) is 0 Å². The summed E-state index contributed by atoms with van der Waals surface area (Å²) in [6, 6.07) is 61.0. The van der Waals surface area contributed by atoms with Crippen LogP contribution >= 0.6 is 0 Å². The quantitative estimate of drug-likeness (QED) is 0.172. The number of furan rings is 1. The predicted molar refractivity (Wildman–Crippen MR) is 272 cm³/mol. The van der Waals surface area contributed by atoms with Gasteiger partial charge in [0.1, 0.15) is 11.2 Å². The molecule has 0 radical (unpaired) electrons. The molecule has 316 valence electrons. The molecule has 0 saturated heterocycles. The molecule has 0 aliphatic heterocycles. The number of nitrogens with zero attached hydrogens (tertiary/aromatic N) is 1.